The third-order valence-electron chi connectivity index (χ3n) is 3.18. The summed E-state index contributed by atoms with van der Waals surface area (Å²) >= 11 is 0. The second-order valence-corrected chi connectivity index (χ2v) is 5.27. The molecule has 1 N–H and O–H groups in total. The van der Waals surface area contributed by atoms with Gasteiger partial charge in [-0.15, -0.1) is 0 Å². The Morgan fingerprint density at radius 2 is 1.88 bits per heavy atom. The molecule has 94 valence electrons. The van der Waals surface area contributed by atoms with E-state index in [4.69, 9.17) is 5.11 Å². The first-order valence-electron chi connectivity index (χ1n) is 6.19. The number of hydrogen-bond acceptors (Lipinski definition) is 1. The number of hydrogen-bond donors (Lipinski definition) is 1. The molecular weight excluding hydrogens is 212 g/mol. The fourth-order valence-electron chi connectivity index (χ4n) is 2.14. The average Bonchev–Trinajstić information content (AvgIpc) is 2.19. The lowest BCUT2D eigenvalue weighted by molar-refractivity contribution is -0.137. The molecule has 2 nitrogen and oxygen atoms in total. The van der Waals surface area contributed by atoms with Crippen molar-refractivity contribution in [3.8, 4) is 0 Å². The van der Waals surface area contributed by atoms with Crippen LogP contribution < -0.4 is 0 Å². The Bertz CT molecular complexity index is 394. The van der Waals surface area contributed by atoms with E-state index in [1.54, 1.807) is 0 Å². The minimum atomic E-state index is -0.714. The van der Waals surface area contributed by atoms with Crippen molar-refractivity contribution >= 4 is 5.97 Å². The van der Waals surface area contributed by atoms with E-state index in [1.165, 1.54) is 11.1 Å². The third-order valence-corrected chi connectivity index (χ3v) is 3.18. The minimum absolute atomic E-state index is 0.131. The van der Waals surface area contributed by atoms with Crippen LogP contribution in [0.2, 0.25) is 0 Å². The Hall–Kier alpha value is -1.31. The monoisotopic (exact) mass is 234 g/mol. The van der Waals surface area contributed by atoms with Gasteiger partial charge in [0, 0.05) is 0 Å². The average molecular weight is 234 g/mol. The molecule has 1 unspecified atom stereocenters. The van der Waals surface area contributed by atoms with Crippen LogP contribution in [0.3, 0.4) is 0 Å². The summed E-state index contributed by atoms with van der Waals surface area (Å²) in [6, 6.07) is 6.28. The Kier molecular flexibility index (Phi) is 4.73. The van der Waals surface area contributed by atoms with Gasteiger partial charge in [0.1, 0.15) is 0 Å². The van der Waals surface area contributed by atoms with Crippen LogP contribution >= 0.6 is 0 Å². The van der Waals surface area contributed by atoms with Gasteiger partial charge in [0.05, 0.1) is 6.42 Å². The lowest BCUT2D eigenvalue weighted by Gasteiger charge is -2.18. The molecule has 17 heavy (non-hydrogen) atoms. The SMILES string of the molecule is Cc1ccc(C(CC(=O)O)CC(C)C)cc1C. The Morgan fingerprint density at radius 1 is 1.24 bits per heavy atom. The molecule has 0 bridgehead atoms. The number of benzene rings is 1. The first-order chi connectivity index (χ1) is 7.90. The molecule has 0 aromatic heterocycles. The second kappa shape index (κ2) is 5.85. The van der Waals surface area contributed by atoms with Crippen LogP contribution in [-0.4, -0.2) is 11.1 Å². The summed E-state index contributed by atoms with van der Waals surface area (Å²) in [5.41, 5.74) is 3.65. The van der Waals surface area contributed by atoms with Crippen LogP contribution in [0, 0.1) is 19.8 Å². The molecule has 0 aliphatic heterocycles. The van der Waals surface area contributed by atoms with Crippen molar-refractivity contribution in [2.45, 2.75) is 46.5 Å². The van der Waals surface area contributed by atoms with Crippen LogP contribution in [0.25, 0.3) is 0 Å². The van der Waals surface area contributed by atoms with Gasteiger partial charge >= 0.3 is 5.97 Å². The van der Waals surface area contributed by atoms with E-state index < -0.39 is 5.97 Å². The van der Waals surface area contributed by atoms with E-state index >= 15 is 0 Å². The van der Waals surface area contributed by atoms with E-state index in [-0.39, 0.29) is 12.3 Å². The third kappa shape index (κ3) is 4.22. The van der Waals surface area contributed by atoms with Crippen molar-refractivity contribution in [2.75, 3.05) is 0 Å². The van der Waals surface area contributed by atoms with E-state index in [2.05, 4.69) is 45.9 Å². The number of rotatable bonds is 5. The predicted octanol–water partition coefficient (Wildman–Crippen LogP) is 3.91. The first kappa shape index (κ1) is 13.8. The highest BCUT2D eigenvalue weighted by molar-refractivity contribution is 5.68. The maximum atomic E-state index is 10.9. The Labute approximate surface area is 104 Å². The number of carboxylic acid groups (broad SMARTS) is 1. The van der Waals surface area contributed by atoms with Gasteiger partial charge in [0.25, 0.3) is 0 Å². The molecule has 0 saturated heterocycles. The van der Waals surface area contributed by atoms with Crippen molar-refractivity contribution < 1.29 is 9.90 Å². The molecule has 1 aromatic rings. The van der Waals surface area contributed by atoms with Gasteiger partial charge in [-0.25, -0.2) is 0 Å². The molecule has 0 aliphatic rings. The van der Waals surface area contributed by atoms with E-state index in [0.717, 1.165) is 12.0 Å². The summed E-state index contributed by atoms with van der Waals surface area (Å²) in [4.78, 5) is 10.9. The Balaban J connectivity index is 2.94. The predicted molar refractivity (Wildman–Crippen MR) is 70.4 cm³/mol. The molecule has 0 fully saturated rings. The highest BCUT2D eigenvalue weighted by Gasteiger charge is 2.17. The zero-order chi connectivity index (χ0) is 13.0. The van der Waals surface area contributed by atoms with Gasteiger partial charge < -0.3 is 5.11 Å². The lowest BCUT2D eigenvalue weighted by atomic mass is 9.86. The summed E-state index contributed by atoms with van der Waals surface area (Å²) in [7, 11) is 0. The molecule has 0 spiro atoms. The number of aryl methyl sites for hydroxylation is 2. The summed E-state index contributed by atoms with van der Waals surface area (Å²) in [5, 5.41) is 8.98. The van der Waals surface area contributed by atoms with Crippen molar-refractivity contribution in [1.29, 1.82) is 0 Å². The molecule has 0 radical (unpaired) electrons. The fourth-order valence-corrected chi connectivity index (χ4v) is 2.14. The second-order valence-electron chi connectivity index (χ2n) is 5.27. The molecule has 1 rings (SSSR count). The van der Waals surface area contributed by atoms with Crippen LogP contribution in [-0.2, 0) is 4.79 Å². The van der Waals surface area contributed by atoms with Crippen LogP contribution in [0.5, 0.6) is 0 Å². The van der Waals surface area contributed by atoms with Crippen LogP contribution in [0.1, 0.15) is 49.3 Å². The number of aliphatic carboxylic acids is 1. The van der Waals surface area contributed by atoms with Crippen molar-refractivity contribution in [3.63, 3.8) is 0 Å². The maximum Gasteiger partial charge on any atom is 0.303 e. The van der Waals surface area contributed by atoms with Crippen molar-refractivity contribution in [3.05, 3.63) is 34.9 Å². The summed E-state index contributed by atoms with van der Waals surface area (Å²) in [6.45, 7) is 8.42. The normalized spacial score (nSPS) is 12.8. The molecule has 1 aromatic carbocycles. The van der Waals surface area contributed by atoms with Crippen LogP contribution in [0.15, 0.2) is 18.2 Å². The largest absolute Gasteiger partial charge is 0.481 e. The zero-order valence-electron chi connectivity index (χ0n) is 11.2. The van der Waals surface area contributed by atoms with Gasteiger partial charge in [0.15, 0.2) is 0 Å². The molecule has 0 aliphatic carbocycles. The highest BCUT2D eigenvalue weighted by Crippen LogP contribution is 2.28. The molecule has 0 heterocycles. The van der Waals surface area contributed by atoms with Gasteiger partial charge in [-0.2, -0.15) is 0 Å². The smallest absolute Gasteiger partial charge is 0.303 e. The summed E-state index contributed by atoms with van der Waals surface area (Å²) in [6.07, 6.45) is 1.15. The molecule has 2 heteroatoms. The van der Waals surface area contributed by atoms with Gasteiger partial charge in [-0.3, -0.25) is 4.79 Å². The highest BCUT2D eigenvalue weighted by atomic mass is 16.4. The molecule has 0 amide bonds. The van der Waals surface area contributed by atoms with E-state index in [0.29, 0.717) is 5.92 Å². The van der Waals surface area contributed by atoms with E-state index in [9.17, 15) is 4.79 Å². The van der Waals surface area contributed by atoms with Crippen molar-refractivity contribution in [2.24, 2.45) is 5.92 Å². The summed E-state index contributed by atoms with van der Waals surface area (Å²) in [5.74, 6) is -0.0679. The number of carboxylic acids is 1. The fraction of sp³-hybridized carbons (Fsp3) is 0.533. The maximum absolute atomic E-state index is 10.9. The van der Waals surface area contributed by atoms with Crippen LogP contribution in [0.4, 0.5) is 0 Å². The first-order valence-corrected chi connectivity index (χ1v) is 6.19. The van der Waals surface area contributed by atoms with Crippen molar-refractivity contribution in [1.82, 2.24) is 0 Å². The quantitative estimate of drug-likeness (QED) is 0.838. The van der Waals surface area contributed by atoms with E-state index in [1.807, 2.05) is 0 Å². The van der Waals surface area contributed by atoms with Gasteiger partial charge in [-0.1, -0.05) is 32.0 Å². The molecule has 0 saturated carbocycles. The minimum Gasteiger partial charge on any atom is -0.481 e. The Morgan fingerprint density at radius 3 is 2.35 bits per heavy atom. The summed E-state index contributed by atoms with van der Waals surface area (Å²) < 4.78 is 0. The standard InChI is InChI=1S/C15H22O2/c1-10(2)7-14(9-15(16)17)13-6-5-11(3)12(4)8-13/h5-6,8,10,14H,7,9H2,1-4H3,(H,16,17). The zero-order valence-corrected chi connectivity index (χ0v) is 11.2. The van der Waals surface area contributed by atoms with Gasteiger partial charge in [0.2, 0.25) is 0 Å². The lowest BCUT2D eigenvalue weighted by Crippen LogP contribution is -2.09. The number of carbonyl (C=O) groups is 1. The van der Waals surface area contributed by atoms with Gasteiger partial charge in [-0.05, 0) is 48.8 Å². The topological polar surface area (TPSA) is 37.3 Å². The molecular formula is C15H22O2. The molecule has 1 atom stereocenters.